The quantitative estimate of drug-likeness (QED) is 0.178. The molecule has 0 bridgehead atoms. The van der Waals surface area contributed by atoms with Crippen LogP contribution >= 0.6 is 0 Å². The van der Waals surface area contributed by atoms with E-state index in [1.807, 2.05) is 54.6 Å². The van der Waals surface area contributed by atoms with Gasteiger partial charge in [0.2, 0.25) is 5.89 Å². The highest BCUT2D eigenvalue weighted by Crippen LogP contribution is 2.48. The lowest BCUT2D eigenvalue weighted by Crippen LogP contribution is -2.12. The molecule has 0 saturated carbocycles. The summed E-state index contributed by atoms with van der Waals surface area (Å²) in [5.41, 5.74) is 11.9. The van der Waals surface area contributed by atoms with Gasteiger partial charge < -0.3 is 22.7 Å². The number of para-hydroxylation sites is 4. The molecule has 6 nitrogen and oxygen atoms in total. The Labute approximate surface area is 313 Å². The third-order valence-corrected chi connectivity index (χ3v) is 10.8. The molecule has 0 atom stereocenters. The average molecular weight is 708 g/mol. The normalized spacial score (nSPS) is 12.0. The molecule has 6 heteroatoms. The Kier molecular flexibility index (Phi) is 6.24. The van der Waals surface area contributed by atoms with Crippen LogP contribution in [-0.2, 0) is 0 Å². The topological polar surface area (TPSA) is 60.5 Å². The molecule has 0 aliphatic heterocycles. The lowest BCUT2D eigenvalue weighted by Gasteiger charge is -2.28. The Morgan fingerprint density at radius 3 is 1.95 bits per heavy atom. The summed E-state index contributed by atoms with van der Waals surface area (Å²) in [6.45, 7) is 0. The minimum absolute atomic E-state index is 0.578. The number of furan rings is 2. The zero-order valence-corrected chi connectivity index (χ0v) is 29.3. The molecule has 0 radical (unpaired) electrons. The van der Waals surface area contributed by atoms with Crippen LogP contribution in [-0.4, -0.2) is 9.55 Å². The van der Waals surface area contributed by atoms with Crippen molar-refractivity contribution in [1.29, 1.82) is 0 Å². The second kappa shape index (κ2) is 11.5. The molecule has 0 spiro atoms. The number of hydrogen-bond acceptors (Lipinski definition) is 5. The van der Waals surface area contributed by atoms with Gasteiger partial charge in [-0.05, 0) is 84.9 Å². The Morgan fingerprint density at radius 1 is 0.436 bits per heavy atom. The summed E-state index contributed by atoms with van der Waals surface area (Å²) in [5, 5.41) is 6.33. The summed E-state index contributed by atoms with van der Waals surface area (Å²) >= 11 is 0. The van der Waals surface area contributed by atoms with E-state index in [1.54, 1.807) is 0 Å². The fourth-order valence-electron chi connectivity index (χ4n) is 8.46. The molecular formula is C49H29N3O3. The number of aromatic nitrogens is 2. The lowest BCUT2D eigenvalue weighted by atomic mass is 10.1. The van der Waals surface area contributed by atoms with Crippen LogP contribution in [0.2, 0.25) is 0 Å². The molecule has 0 unspecified atom stereocenters. The molecule has 55 heavy (non-hydrogen) atoms. The highest BCUT2D eigenvalue weighted by molar-refractivity contribution is 6.20. The largest absolute Gasteiger partial charge is 0.456 e. The lowest BCUT2D eigenvalue weighted by molar-refractivity contribution is 0.619. The average Bonchev–Trinajstić information content (AvgIpc) is 4.02. The van der Waals surface area contributed by atoms with Gasteiger partial charge in [0.25, 0.3) is 0 Å². The highest BCUT2D eigenvalue weighted by atomic mass is 16.4. The zero-order chi connectivity index (χ0) is 36.0. The molecule has 12 aromatic rings. The van der Waals surface area contributed by atoms with Gasteiger partial charge in [0.15, 0.2) is 5.58 Å². The summed E-state index contributed by atoms with van der Waals surface area (Å²) in [6, 6.07) is 60.9. The Bertz CT molecular complexity index is 3440. The standard InChI is InChI=1S/C49H29N3O3/c1-3-13-30(14-4-1)49-50-47-44(55-49)28-27-43-46(47)36-29-32(25-26-41(36)54-43)51(38-21-12-24-42-45(38)35-18-8-10-23-40(35)53-42)39-22-11-19-34-33-17-7-9-20-37(33)52(48(34)39)31-15-5-2-6-16-31/h1-29H. The Morgan fingerprint density at radius 2 is 1.07 bits per heavy atom. The molecule has 8 aromatic carbocycles. The highest BCUT2D eigenvalue weighted by Gasteiger charge is 2.25. The smallest absolute Gasteiger partial charge is 0.227 e. The first-order valence-electron chi connectivity index (χ1n) is 18.4. The van der Waals surface area contributed by atoms with E-state index in [0.717, 1.165) is 88.7 Å². The maximum absolute atomic E-state index is 6.50. The summed E-state index contributed by atoms with van der Waals surface area (Å²) in [6.07, 6.45) is 0. The van der Waals surface area contributed by atoms with Crippen molar-refractivity contribution in [3.05, 3.63) is 176 Å². The second-order valence-corrected chi connectivity index (χ2v) is 13.9. The van der Waals surface area contributed by atoms with Crippen molar-refractivity contribution in [2.24, 2.45) is 0 Å². The molecule has 4 aromatic heterocycles. The Hall–Kier alpha value is -7.57. The third-order valence-electron chi connectivity index (χ3n) is 10.8. The molecule has 0 aliphatic carbocycles. The molecule has 12 rings (SSSR count). The monoisotopic (exact) mass is 707 g/mol. The van der Waals surface area contributed by atoms with Gasteiger partial charge in [-0.3, -0.25) is 0 Å². The first-order valence-corrected chi connectivity index (χ1v) is 18.4. The fourth-order valence-corrected chi connectivity index (χ4v) is 8.46. The molecule has 258 valence electrons. The van der Waals surface area contributed by atoms with E-state index in [2.05, 4.69) is 131 Å². The van der Waals surface area contributed by atoms with E-state index in [1.165, 1.54) is 10.8 Å². The molecule has 0 amide bonds. The van der Waals surface area contributed by atoms with Crippen molar-refractivity contribution in [1.82, 2.24) is 9.55 Å². The van der Waals surface area contributed by atoms with Crippen molar-refractivity contribution in [3.63, 3.8) is 0 Å². The third kappa shape index (κ3) is 4.39. The van der Waals surface area contributed by atoms with E-state index in [0.29, 0.717) is 11.5 Å². The number of rotatable bonds is 5. The maximum Gasteiger partial charge on any atom is 0.227 e. The van der Waals surface area contributed by atoms with Gasteiger partial charge in [-0.15, -0.1) is 0 Å². The maximum atomic E-state index is 6.50. The van der Waals surface area contributed by atoms with Crippen LogP contribution in [0.25, 0.3) is 93.9 Å². The van der Waals surface area contributed by atoms with Gasteiger partial charge in [-0.2, -0.15) is 0 Å². The van der Waals surface area contributed by atoms with E-state index in [-0.39, 0.29) is 0 Å². The van der Waals surface area contributed by atoms with Gasteiger partial charge in [-0.1, -0.05) is 91.0 Å². The van der Waals surface area contributed by atoms with Crippen LogP contribution in [0.3, 0.4) is 0 Å². The number of fused-ring (bicyclic) bond motifs is 11. The number of benzene rings is 8. The van der Waals surface area contributed by atoms with Crippen LogP contribution in [0.1, 0.15) is 0 Å². The molecule has 0 saturated heterocycles. The van der Waals surface area contributed by atoms with E-state index >= 15 is 0 Å². The van der Waals surface area contributed by atoms with Crippen LogP contribution in [0.15, 0.2) is 189 Å². The van der Waals surface area contributed by atoms with Gasteiger partial charge in [0, 0.05) is 38.5 Å². The number of nitrogens with zero attached hydrogens (tertiary/aromatic N) is 3. The zero-order valence-electron chi connectivity index (χ0n) is 29.3. The van der Waals surface area contributed by atoms with Crippen molar-refractivity contribution < 1.29 is 13.3 Å². The fraction of sp³-hybridized carbons (Fsp3) is 0. The van der Waals surface area contributed by atoms with E-state index < -0.39 is 0 Å². The second-order valence-electron chi connectivity index (χ2n) is 13.9. The first kappa shape index (κ1) is 29.9. The van der Waals surface area contributed by atoms with E-state index in [4.69, 9.17) is 18.2 Å². The first-order chi connectivity index (χ1) is 27.3. The summed E-state index contributed by atoms with van der Waals surface area (Å²) < 4.78 is 21.7. The summed E-state index contributed by atoms with van der Waals surface area (Å²) in [7, 11) is 0. The number of oxazole rings is 1. The van der Waals surface area contributed by atoms with Crippen molar-refractivity contribution in [2.75, 3.05) is 4.90 Å². The van der Waals surface area contributed by atoms with Crippen LogP contribution in [0.5, 0.6) is 0 Å². The summed E-state index contributed by atoms with van der Waals surface area (Å²) in [4.78, 5) is 7.42. The van der Waals surface area contributed by atoms with Gasteiger partial charge >= 0.3 is 0 Å². The van der Waals surface area contributed by atoms with Crippen molar-refractivity contribution in [3.8, 4) is 17.1 Å². The van der Waals surface area contributed by atoms with Gasteiger partial charge in [0.1, 0.15) is 27.8 Å². The molecular weight excluding hydrogens is 679 g/mol. The molecule has 0 fully saturated rings. The van der Waals surface area contributed by atoms with Crippen molar-refractivity contribution >= 4 is 93.8 Å². The predicted octanol–water partition coefficient (Wildman–Crippen LogP) is 13.9. The van der Waals surface area contributed by atoms with Crippen LogP contribution in [0, 0.1) is 0 Å². The van der Waals surface area contributed by atoms with Gasteiger partial charge in [0.05, 0.1) is 33.2 Å². The van der Waals surface area contributed by atoms with Crippen LogP contribution < -0.4 is 4.90 Å². The van der Waals surface area contributed by atoms with E-state index in [9.17, 15) is 0 Å². The minimum Gasteiger partial charge on any atom is -0.456 e. The van der Waals surface area contributed by atoms with Crippen LogP contribution in [0.4, 0.5) is 17.1 Å². The predicted molar refractivity (Wildman–Crippen MR) is 223 cm³/mol. The summed E-state index contributed by atoms with van der Waals surface area (Å²) in [5.74, 6) is 0.578. The molecule has 0 N–H and O–H groups in total. The molecule has 4 heterocycles. The molecule has 0 aliphatic rings. The number of anilines is 3. The van der Waals surface area contributed by atoms with Gasteiger partial charge in [-0.25, -0.2) is 4.98 Å². The SMILES string of the molecule is c1ccc(-c2nc3c(ccc4oc5ccc(N(c6cccc7oc8ccccc8c67)c6cccc7c8ccccc8n(-c8ccccc8)c67)cc5c43)o2)cc1. The number of hydrogen-bond donors (Lipinski definition) is 0. The van der Waals surface area contributed by atoms with Crippen molar-refractivity contribution in [2.45, 2.75) is 0 Å². The minimum atomic E-state index is 0.578. The Balaban J connectivity index is 1.19.